The van der Waals surface area contributed by atoms with Crippen LogP contribution in [0, 0.1) is 0 Å². The van der Waals surface area contributed by atoms with Crippen LogP contribution < -0.4 is 11.1 Å². The molecule has 1 rings (SSSR count). The Morgan fingerprint density at radius 3 is 2.40 bits per heavy atom. The number of carbonyl (C=O) groups is 2. The monoisotopic (exact) mass is 278 g/mol. The third-order valence-electron chi connectivity index (χ3n) is 2.52. The van der Waals surface area contributed by atoms with E-state index in [1.54, 1.807) is 20.8 Å². The van der Waals surface area contributed by atoms with Crippen molar-refractivity contribution >= 4 is 11.9 Å². The van der Waals surface area contributed by atoms with Gasteiger partial charge in [0.15, 0.2) is 5.78 Å². The number of amides is 1. The molecule has 0 aliphatic rings. The number of nitrogens with one attached hydrogen (secondary N) is 1. The van der Waals surface area contributed by atoms with Crippen molar-refractivity contribution in [3.8, 4) is 0 Å². The van der Waals surface area contributed by atoms with Crippen LogP contribution in [0.15, 0.2) is 30.3 Å². The van der Waals surface area contributed by atoms with E-state index in [-0.39, 0.29) is 12.3 Å². The summed E-state index contributed by atoms with van der Waals surface area (Å²) >= 11 is 0. The average molecular weight is 278 g/mol. The maximum absolute atomic E-state index is 11.8. The second-order valence-electron chi connectivity index (χ2n) is 5.62. The van der Waals surface area contributed by atoms with Gasteiger partial charge in [-0.15, -0.1) is 0 Å². The van der Waals surface area contributed by atoms with Gasteiger partial charge < -0.3 is 15.8 Å². The van der Waals surface area contributed by atoms with Gasteiger partial charge in [-0.05, 0) is 32.8 Å². The van der Waals surface area contributed by atoms with Crippen LogP contribution in [0.2, 0.25) is 0 Å². The van der Waals surface area contributed by atoms with Crippen LogP contribution in [0.5, 0.6) is 0 Å². The third kappa shape index (κ3) is 6.33. The molecule has 0 unspecified atom stereocenters. The lowest BCUT2D eigenvalue weighted by atomic mass is 10.0. The highest BCUT2D eigenvalue weighted by atomic mass is 16.6. The first kappa shape index (κ1) is 16.2. The van der Waals surface area contributed by atoms with E-state index in [9.17, 15) is 9.59 Å². The van der Waals surface area contributed by atoms with Crippen LogP contribution in [-0.4, -0.2) is 30.1 Å². The molecule has 5 heteroatoms. The molecule has 0 aromatic heterocycles. The molecule has 20 heavy (non-hydrogen) atoms. The molecule has 110 valence electrons. The van der Waals surface area contributed by atoms with Gasteiger partial charge in [0, 0.05) is 0 Å². The van der Waals surface area contributed by atoms with Crippen molar-refractivity contribution in [3.63, 3.8) is 0 Å². The van der Waals surface area contributed by atoms with Crippen LogP contribution in [0.25, 0.3) is 0 Å². The van der Waals surface area contributed by atoms with Crippen molar-refractivity contribution < 1.29 is 14.3 Å². The summed E-state index contributed by atoms with van der Waals surface area (Å²) in [5.41, 5.74) is 6.23. The highest BCUT2D eigenvalue weighted by Gasteiger charge is 2.19. The number of benzene rings is 1. The molecule has 0 aliphatic carbocycles. The number of carbonyl (C=O) groups excluding carboxylic acids is 2. The number of ether oxygens (including phenoxy) is 1. The SMILES string of the molecule is CC(C)(C)OC(=O)NCC(=O)[C@@H](N)Cc1ccccc1. The van der Waals surface area contributed by atoms with Crippen LogP contribution in [0.3, 0.4) is 0 Å². The zero-order chi connectivity index (χ0) is 15.2. The van der Waals surface area contributed by atoms with E-state index in [1.807, 2.05) is 30.3 Å². The van der Waals surface area contributed by atoms with Gasteiger partial charge in [0.25, 0.3) is 0 Å². The predicted molar refractivity (Wildman–Crippen MR) is 77.4 cm³/mol. The van der Waals surface area contributed by atoms with Crippen molar-refractivity contribution in [2.24, 2.45) is 5.73 Å². The Balaban J connectivity index is 2.37. The van der Waals surface area contributed by atoms with Gasteiger partial charge >= 0.3 is 6.09 Å². The standard InChI is InChI=1S/C15H22N2O3/c1-15(2,3)20-14(19)17-10-13(18)12(16)9-11-7-5-4-6-8-11/h4-8,12H,9-10,16H2,1-3H3,(H,17,19)/t12-/m0/s1. The van der Waals surface area contributed by atoms with Crippen molar-refractivity contribution in [3.05, 3.63) is 35.9 Å². The van der Waals surface area contributed by atoms with Gasteiger partial charge in [-0.25, -0.2) is 4.79 Å². The number of ketones is 1. The molecule has 0 fully saturated rings. The van der Waals surface area contributed by atoms with E-state index in [0.29, 0.717) is 6.42 Å². The highest BCUT2D eigenvalue weighted by molar-refractivity contribution is 5.88. The summed E-state index contributed by atoms with van der Waals surface area (Å²) in [5, 5.41) is 2.41. The Kier molecular flexibility index (Phi) is 5.70. The summed E-state index contributed by atoms with van der Waals surface area (Å²) in [6.45, 7) is 5.16. The molecule has 0 radical (unpaired) electrons. The highest BCUT2D eigenvalue weighted by Crippen LogP contribution is 2.06. The minimum atomic E-state index is -0.632. The lowest BCUT2D eigenvalue weighted by Gasteiger charge is -2.20. The number of hydrogen-bond donors (Lipinski definition) is 2. The van der Waals surface area contributed by atoms with E-state index < -0.39 is 17.7 Å². The van der Waals surface area contributed by atoms with Crippen molar-refractivity contribution in [2.75, 3.05) is 6.54 Å². The second kappa shape index (κ2) is 7.05. The molecule has 1 atom stereocenters. The lowest BCUT2D eigenvalue weighted by Crippen LogP contribution is -2.42. The summed E-state index contributed by atoms with van der Waals surface area (Å²) in [6.07, 6.45) is -0.159. The molecule has 1 aromatic carbocycles. The average Bonchev–Trinajstić information content (AvgIpc) is 2.35. The van der Waals surface area contributed by atoms with E-state index in [0.717, 1.165) is 5.56 Å². The van der Waals surface area contributed by atoms with Crippen LogP contribution in [0.4, 0.5) is 4.79 Å². The normalized spacial score (nSPS) is 12.6. The molecule has 5 nitrogen and oxygen atoms in total. The molecule has 0 heterocycles. The Morgan fingerprint density at radius 1 is 1.25 bits per heavy atom. The molecular weight excluding hydrogens is 256 g/mol. The van der Waals surface area contributed by atoms with E-state index in [1.165, 1.54) is 0 Å². The summed E-state index contributed by atoms with van der Waals surface area (Å²) in [5.74, 6) is -0.222. The summed E-state index contributed by atoms with van der Waals surface area (Å²) in [6, 6.07) is 8.88. The third-order valence-corrected chi connectivity index (χ3v) is 2.52. The molecule has 0 bridgehead atoms. The van der Waals surface area contributed by atoms with Gasteiger partial charge in [0.05, 0.1) is 12.6 Å². The molecule has 0 spiro atoms. The smallest absolute Gasteiger partial charge is 0.408 e. The Morgan fingerprint density at radius 2 is 1.85 bits per heavy atom. The van der Waals surface area contributed by atoms with Gasteiger partial charge in [0.2, 0.25) is 0 Å². The topological polar surface area (TPSA) is 81.4 Å². The summed E-state index contributed by atoms with van der Waals surface area (Å²) < 4.78 is 5.04. The number of rotatable bonds is 5. The quantitative estimate of drug-likeness (QED) is 0.858. The Bertz CT molecular complexity index is 452. The molecule has 1 amide bonds. The molecule has 0 saturated heterocycles. The largest absolute Gasteiger partial charge is 0.444 e. The lowest BCUT2D eigenvalue weighted by molar-refractivity contribution is -0.119. The molecular formula is C15H22N2O3. The van der Waals surface area contributed by atoms with Crippen molar-refractivity contribution in [1.82, 2.24) is 5.32 Å². The maximum atomic E-state index is 11.8. The fraction of sp³-hybridized carbons (Fsp3) is 0.467. The van der Waals surface area contributed by atoms with Crippen LogP contribution in [-0.2, 0) is 16.0 Å². The van der Waals surface area contributed by atoms with Gasteiger partial charge in [0.1, 0.15) is 5.60 Å². The first-order valence-electron chi connectivity index (χ1n) is 6.57. The van der Waals surface area contributed by atoms with Crippen molar-refractivity contribution in [1.29, 1.82) is 0 Å². The zero-order valence-corrected chi connectivity index (χ0v) is 12.2. The molecule has 0 saturated carbocycles. The maximum Gasteiger partial charge on any atom is 0.408 e. The second-order valence-corrected chi connectivity index (χ2v) is 5.62. The Hall–Kier alpha value is -1.88. The zero-order valence-electron chi connectivity index (χ0n) is 12.2. The van der Waals surface area contributed by atoms with Crippen LogP contribution >= 0.6 is 0 Å². The predicted octanol–water partition coefficient (Wildman–Crippen LogP) is 1.65. The Labute approximate surface area is 119 Å². The number of alkyl carbamates (subject to hydrolysis) is 1. The number of nitrogens with two attached hydrogens (primary N) is 1. The minimum absolute atomic E-state index is 0.122. The molecule has 1 aromatic rings. The minimum Gasteiger partial charge on any atom is -0.444 e. The number of Topliss-reactive ketones (excluding diaryl/α,β-unsaturated/α-hetero) is 1. The van der Waals surface area contributed by atoms with Crippen molar-refractivity contribution in [2.45, 2.75) is 38.8 Å². The first-order valence-corrected chi connectivity index (χ1v) is 6.57. The fourth-order valence-corrected chi connectivity index (χ4v) is 1.59. The summed E-state index contributed by atoms with van der Waals surface area (Å²) in [4.78, 5) is 23.2. The van der Waals surface area contributed by atoms with Gasteiger partial charge in [-0.1, -0.05) is 30.3 Å². The van der Waals surface area contributed by atoms with Gasteiger partial charge in [-0.3, -0.25) is 4.79 Å². The number of hydrogen-bond acceptors (Lipinski definition) is 4. The van der Waals surface area contributed by atoms with E-state index >= 15 is 0 Å². The van der Waals surface area contributed by atoms with E-state index in [4.69, 9.17) is 10.5 Å². The van der Waals surface area contributed by atoms with Crippen LogP contribution in [0.1, 0.15) is 26.3 Å². The van der Waals surface area contributed by atoms with E-state index in [2.05, 4.69) is 5.32 Å². The fourth-order valence-electron chi connectivity index (χ4n) is 1.59. The van der Waals surface area contributed by atoms with Gasteiger partial charge in [-0.2, -0.15) is 0 Å². The first-order chi connectivity index (χ1) is 9.28. The molecule has 0 aliphatic heterocycles. The molecule has 3 N–H and O–H groups in total. The summed E-state index contributed by atoms with van der Waals surface area (Å²) in [7, 11) is 0.